The SMILES string of the molecule is Nc1cnc2ccc(F)c(F)c2c1. The van der Waals surface area contributed by atoms with Gasteiger partial charge in [0, 0.05) is 5.39 Å². The van der Waals surface area contributed by atoms with Crippen molar-refractivity contribution in [3.8, 4) is 0 Å². The summed E-state index contributed by atoms with van der Waals surface area (Å²) in [5, 5.41) is 0.111. The first-order valence-electron chi connectivity index (χ1n) is 3.68. The van der Waals surface area contributed by atoms with Crippen LogP contribution in [0.3, 0.4) is 0 Å². The number of pyridine rings is 1. The summed E-state index contributed by atoms with van der Waals surface area (Å²) in [7, 11) is 0. The number of benzene rings is 1. The van der Waals surface area contributed by atoms with Gasteiger partial charge in [0.15, 0.2) is 11.6 Å². The van der Waals surface area contributed by atoms with E-state index in [0.717, 1.165) is 6.07 Å². The summed E-state index contributed by atoms with van der Waals surface area (Å²) in [5.41, 5.74) is 6.10. The van der Waals surface area contributed by atoms with Crippen LogP contribution in [0.25, 0.3) is 10.9 Å². The van der Waals surface area contributed by atoms with E-state index in [-0.39, 0.29) is 5.39 Å². The Labute approximate surface area is 73.0 Å². The number of anilines is 1. The number of nitrogens with two attached hydrogens (primary N) is 1. The molecule has 0 aliphatic rings. The van der Waals surface area contributed by atoms with Crippen LogP contribution < -0.4 is 5.73 Å². The second kappa shape index (κ2) is 2.65. The molecular weight excluding hydrogens is 174 g/mol. The predicted octanol–water partition coefficient (Wildman–Crippen LogP) is 2.10. The van der Waals surface area contributed by atoms with Crippen molar-refractivity contribution >= 4 is 16.6 Å². The molecule has 0 aliphatic heterocycles. The highest BCUT2D eigenvalue weighted by Crippen LogP contribution is 2.20. The lowest BCUT2D eigenvalue weighted by atomic mass is 10.2. The normalized spacial score (nSPS) is 10.6. The van der Waals surface area contributed by atoms with Gasteiger partial charge in [0.1, 0.15) is 0 Å². The molecule has 66 valence electrons. The van der Waals surface area contributed by atoms with Crippen molar-refractivity contribution < 1.29 is 8.78 Å². The Morgan fingerprint density at radius 2 is 2.00 bits per heavy atom. The molecule has 1 heterocycles. The molecule has 0 radical (unpaired) electrons. The van der Waals surface area contributed by atoms with Crippen molar-refractivity contribution in [1.29, 1.82) is 0 Å². The minimum absolute atomic E-state index is 0.111. The molecule has 1 aromatic heterocycles. The van der Waals surface area contributed by atoms with Crippen LogP contribution in [-0.2, 0) is 0 Å². The van der Waals surface area contributed by atoms with Crippen molar-refractivity contribution in [3.63, 3.8) is 0 Å². The minimum Gasteiger partial charge on any atom is -0.397 e. The highest BCUT2D eigenvalue weighted by molar-refractivity contribution is 5.81. The Hall–Kier alpha value is -1.71. The molecule has 0 amide bonds. The number of halogens is 2. The van der Waals surface area contributed by atoms with Crippen LogP contribution in [0.15, 0.2) is 24.4 Å². The minimum atomic E-state index is -0.905. The van der Waals surface area contributed by atoms with Crippen molar-refractivity contribution in [2.75, 3.05) is 5.73 Å². The maximum atomic E-state index is 13.1. The molecule has 0 spiro atoms. The second-order valence-corrected chi connectivity index (χ2v) is 2.70. The molecule has 0 bridgehead atoms. The molecule has 1 aromatic carbocycles. The van der Waals surface area contributed by atoms with Crippen LogP contribution in [0.4, 0.5) is 14.5 Å². The van der Waals surface area contributed by atoms with Gasteiger partial charge < -0.3 is 5.73 Å². The molecule has 0 atom stereocenters. The Bertz CT molecular complexity index is 463. The van der Waals surface area contributed by atoms with Gasteiger partial charge in [0.25, 0.3) is 0 Å². The van der Waals surface area contributed by atoms with Crippen LogP contribution in [0.1, 0.15) is 0 Å². The van der Waals surface area contributed by atoms with Crippen LogP contribution in [0.2, 0.25) is 0 Å². The average molecular weight is 180 g/mol. The second-order valence-electron chi connectivity index (χ2n) is 2.70. The fourth-order valence-corrected chi connectivity index (χ4v) is 1.15. The fourth-order valence-electron chi connectivity index (χ4n) is 1.15. The van der Waals surface area contributed by atoms with Crippen LogP contribution in [0.5, 0.6) is 0 Å². The quantitative estimate of drug-likeness (QED) is 0.674. The fraction of sp³-hybridized carbons (Fsp3) is 0. The van der Waals surface area contributed by atoms with Gasteiger partial charge in [0.05, 0.1) is 17.4 Å². The number of nitrogen functional groups attached to an aromatic ring is 1. The van der Waals surface area contributed by atoms with E-state index >= 15 is 0 Å². The zero-order chi connectivity index (χ0) is 9.42. The van der Waals surface area contributed by atoms with E-state index in [1.165, 1.54) is 18.3 Å². The molecule has 2 nitrogen and oxygen atoms in total. The zero-order valence-electron chi connectivity index (χ0n) is 6.59. The summed E-state index contributed by atoms with van der Waals surface area (Å²) in [4.78, 5) is 3.85. The summed E-state index contributed by atoms with van der Waals surface area (Å²) in [6, 6.07) is 3.81. The molecule has 2 N–H and O–H groups in total. The average Bonchev–Trinajstić information content (AvgIpc) is 2.12. The first-order valence-corrected chi connectivity index (χ1v) is 3.68. The van der Waals surface area contributed by atoms with E-state index in [4.69, 9.17) is 5.73 Å². The van der Waals surface area contributed by atoms with Gasteiger partial charge in [-0.25, -0.2) is 8.78 Å². The molecule has 0 saturated heterocycles. The summed E-state index contributed by atoms with van der Waals surface area (Å²) < 4.78 is 25.8. The lowest BCUT2D eigenvalue weighted by molar-refractivity contribution is 0.517. The van der Waals surface area contributed by atoms with E-state index in [0.29, 0.717) is 11.2 Å². The van der Waals surface area contributed by atoms with Gasteiger partial charge in [-0.05, 0) is 18.2 Å². The third-order valence-electron chi connectivity index (χ3n) is 1.77. The summed E-state index contributed by atoms with van der Waals surface area (Å²) in [6.07, 6.45) is 1.40. The highest BCUT2D eigenvalue weighted by atomic mass is 19.2. The molecule has 13 heavy (non-hydrogen) atoms. The Balaban J connectivity index is 2.89. The molecule has 0 unspecified atom stereocenters. The van der Waals surface area contributed by atoms with E-state index in [1.807, 2.05) is 0 Å². The molecule has 4 heteroatoms. The first kappa shape index (κ1) is 7.91. The van der Waals surface area contributed by atoms with Gasteiger partial charge in [-0.1, -0.05) is 0 Å². The molecule has 0 saturated carbocycles. The lowest BCUT2D eigenvalue weighted by Gasteiger charge is -2.00. The Kier molecular flexibility index (Phi) is 1.62. The first-order chi connectivity index (χ1) is 6.18. The number of aromatic nitrogens is 1. The standard InChI is InChI=1S/C9H6F2N2/c10-7-1-2-8-6(9(7)11)3-5(12)4-13-8/h1-4H,12H2. The van der Waals surface area contributed by atoms with Gasteiger partial charge in [-0.15, -0.1) is 0 Å². The highest BCUT2D eigenvalue weighted by Gasteiger charge is 2.07. The van der Waals surface area contributed by atoms with Crippen molar-refractivity contribution in [3.05, 3.63) is 36.0 Å². The lowest BCUT2D eigenvalue weighted by Crippen LogP contribution is -1.91. The number of hydrogen-bond donors (Lipinski definition) is 1. The Morgan fingerprint density at radius 1 is 1.23 bits per heavy atom. The number of rotatable bonds is 0. The van der Waals surface area contributed by atoms with E-state index in [1.54, 1.807) is 0 Å². The van der Waals surface area contributed by atoms with E-state index in [2.05, 4.69) is 4.98 Å². The predicted molar refractivity (Wildman–Crippen MR) is 46.1 cm³/mol. The van der Waals surface area contributed by atoms with Crippen LogP contribution in [-0.4, -0.2) is 4.98 Å². The maximum absolute atomic E-state index is 13.1. The van der Waals surface area contributed by atoms with Crippen LogP contribution in [0, 0.1) is 11.6 Å². The van der Waals surface area contributed by atoms with Crippen LogP contribution >= 0.6 is 0 Å². The monoisotopic (exact) mass is 180 g/mol. The molecule has 0 aliphatic carbocycles. The van der Waals surface area contributed by atoms with Crippen molar-refractivity contribution in [2.24, 2.45) is 0 Å². The number of hydrogen-bond acceptors (Lipinski definition) is 2. The zero-order valence-corrected chi connectivity index (χ0v) is 6.59. The topological polar surface area (TPSA) is 38.9 Å². The Morgan fingerprint density at radius 3 is 2.77 bits per heavy atom. The number of fused-ring (bicyclic) bond motifs is 1. The molecule has 0 fully saturated rings. The largest absolute Gasteiger partial charge is 0.397 e. The van der Waals surface area contributed by atoms with Gasteiger partial charge >= 0.3 is 0 Å². The van der Waals surface area contributed by atoms with E-state index in [9.17, 15) is 8.78 Å². The van der Waals surface area contributed by atoms with Crippen molar-refractivity contribution in [1.82, 2.24) is 4.98 Å². The maximum Gasteiger partial charge on any atom is 0.168 e. The summed E-state index contributed by atoms with van der Waals surface area (Å²) >= 11 is 0. The van der Waals surface area contributed by atoms with Gasteiger partial charge in [0.2, 0.25) is 0 Å². The number of nitrogens with zero attached hydrogens (tertiary/aromatic N) is 1. The molecular formula is C9H6F2N2. The summed E-state index contributed by atoms with van der Waals surface area (Å²) in [5.74, 6) is -1.79. The molecule has 2 aromatic rings. The third-order valence-corrected chi connectivity index (χ3v) is 1.77. The molecule has 2 rings (SSSR count). The smallest absolute Gasteiger partial charge is 0.168 e. The third kappa shape index (κ3) is 1.20. The van der Waals surface area contributed by atoms with E-state index < -0.39 is 11.6 Å². The van der Waals surface area contributed by atoms with Crippen molar-refractivity contribution in [2.45, 2.75) is 0 Å². The van der Waals surface area contributed by atoms with Gasteiger partial charge in [-0.2, -0.15) is 0 Å². The summed E-state index contributed by atoms with van der Waals surface area (Å²) in [6.45, 7) is 0. The van der Waals surface area contributed by atoms with Gasteiger partial charge in [-0.3, -0.25) is 4.98 Å².